The Kier molecular flexibility index (Phi) is 4.53. The van der Waals surface area contributed by atoms with E-state index in [1.54, 1.807) is 13.8 Å². The Morgan fingerprint density at radius 3 is 2.56 bits per heavy atom. The summed E-state index contributed by atoms with van der Waals surface area (Å²) in [5, 5.41) is 9.15. The smallest absolute Gasteiger partial charge is 0.321 e. The van der Waals surface area contributed by atoms with Gasteiger partial charge in [-0.2, -0.15) is 0 Å². The SMILES string of the molecule is CCC1CCCC(S(=O)C(C)(C)C(=O)O)C1. The summed E-state index contributed by atoms with van der Waals surface area (Å²) in [5.41, 5.74) is 0. The first-order chi connectivity index (χ1) is 7.39. The average Bonchev–Trinajstić information content (AvgIpc) is 2.27. The van der Waals surface area contributed by atoms with Gasteiger partial charge in [0.25, 0.3) is 0 Å². The normalized spacial score (nSPS) is 28.7. The molecule has 3 nitrogen and oxygen atoms in total. The van der Waals surface area contributed by atoms with E-state index in [1.165, 1.54) is 6.42 Å². The van der Waals surface area contributed by atoms with E-state index in [0.717, 1.165) is 25.7 Å². The Balaban J connectivity index is 2.70. The van der Waals surface area contributed by atoms with Crippen LogP contribution in [0.5, 0.6) is 0 Å². The molecule has 0 heterocycles. The Morgan fingerprint density at radius 2 is 2.06 bits per heavy atom. The maximum Gasteiger partial charge on any atom is 0.321 e. The van der Waals surface area contributed by atoms with Gasteiger partial charge in [-0.15, -0.1) is 0 Å². The highest BCUT2D eigenvalue weighted by molar-refractivity contribution is 7.87. The van der Waals surface area contributed by atoms with E-state index in [2.05, 4.69) is 6.92 Å². The quantitative estimate of drug-likeness (QED) is 0.829. The van der Waals surface area contributed by atoms with E-state index in [9.17, 15) is 9.00 Å². The Labute approximate surface area is 100 Å². The van der Waals surface area contributed by atoms with Crippen LogP contribution in [0.3, 0.4) is 0 Å². The van der Waals surface area contributed by atoms with E-state index in [1.807, 2.05) is 0 Å². The fourth-order valence-corrected chi connectivity index (χ4v) is 4.14. The molecule has 1 saturated carbocycles. The fraction of sp³-hybridized carbons (Fsp3) is 0.917. The summed E-state index contributed by atoms with van der Waals surface area (Å²) in [6, 6.07) is 0. The molecule has 3 atom stereocenters. The van der Waals surface area contributed by atoms with E-state index >= 15 is 0 Å². The number of carboxylic acid groups (broad SMARTS) is 1. The molecule has 1 N–H and O–H groups in total. The van der Waals surface area contributed by atoms with Gasteiger partial charge in [0.2, 0.25) is 0 Å². The minimum atomic E-state index is -1.27. The highest BCUT2D eigenvalue weighted by Crippen LogP contribution is 2.33. The zero-order valence-corrected chi connectivity index (χ0v) is 11.2. The van der Waals surface area contributed by atoms with Crippen molar-refractivity contribution in [3.8, 4) is 0 Å². The van der Waals surface area contributed by atoms with Crippen molar-refractivity contribution in [2.45, 2.75) is 62.9 Å². The molecule has 0 aromatic rings. The predicted molar refractivity (Wildman–Crippen MR) is 65.9 cm³/mol. The average molecular weight is 246 g/mol. The second kappa shape index (κ2) is 5.30. The van der Waals surface area contributed by atoms with Gasteiger partial charge in [0.15, 0.2) is 0 Å². The van der Waals surface area contributed by atoms with Gasteiger partial charge in [-0.25, -0.2) is 0 Å². The summed E-state index contributed by atoms with van der Waals surface area (Å²) >= 11 is 0. The van der Waals surface area contributed by atoms with Crippen LogP contribution in [-0.4, -0.2) is 25.3 Å². The Morgan fingerprint density at radius 1 is 1.44 bits per heavy atom. The molecule has 0 saturated heterocycles. The van der Waals surface area contributed by atoms with Gasteiger partial charge in [-0.1, -0.05) is 26.2 Å². The van der Waals surface area contributed by atoms with Gasteiger partial charge in [0.1, 0.15) is 4.75 Å². The molecule has 0 aromatic carbocycles. The van der Waals surface area contributed by atoms with E-state index in [4.69, 9.17) is 5.11 Å². The molecular formula is C12H22O3S. The third kappa shape index (κ3) is 2.84. The molecule has 3 unspecified atom stereocenters. The monoisotopic (exact) mass is 246 g/mol. The third-order valence-electron chi connectivity index (χ3n) is 3.63. The van der Waals surface area contributed by atoms with Crippen LogP contribution in [0.4, 0.5) is 0 Å². The molecule has 1 aliphatic rings. The van der Waals surface area contributed by atoms with Crippen LogP contribution in [0, 0.1) is 5.92 Å². The van der Waals surface area contributed by atoms with Crippen molar-refractivity contribution in [3.05, 3.63) is 0 Å². The summed E-state index contributed by atoms with van der Waals surface area (Å²) in [5.74, 6) is -0.322. The molecule has 0 radical (unpaired) electrons. The van der Waals surface area contributed by atoms with Crippen LogP contribution < -0.4 is 0 Å². The number of rotatable bonds is 4. The molecule has 1 fully saturated rings. The molecule has 0 bridgehead atoms. The van der Waals surface area contributed by atoms with Crippen LogP contribution in [0.1, 0.15) is 52.9 Å². The minimum Gasteiger partial charge on any atom is -0.480 e. The van der Waals surface area contributed by atoms with Gasteiger partial charge >= 0.3 is 5.97 Å². The van der Waals surface area contributed by atoms with E-state index in [-0.39, 0.29) is 5.25 Å². The number of hydrogen-bond donors (Lipinski definition) is 1. The Hall–Kier alpha value is -0.380. The molecule has 0 spiro atoms. The zero-order chi connectivity index (χ0) is 12.3. The second-order valence-corrected chi connectivity index (χ2v) is 7.46. The maximum atomic E-state index is 12.3. The lowest BCUT2D eigenvalue weighted by Crippen LogP contribution is -2.42. The van der Waals surface area contributed by atoms with Crippen molar-refractivity contribution in [1.82, 2.24) is 0 Å². The number of aliphatic carboxylic acids is 1. The van der Waals surface area contributed by atoms with Gasteiger partial charge in [0.05, 0.1) is 0 Å². The molecule has 0 aromatic heterocycles. The van der Waals surface area contributed by atoms with E-state index < -0.39 is 21.5 Å². The molecule has 94 valence electrons. The number of carboxylic acids is 1. The maximum absolute atomic E-state index is 12.3. The lowest BCUT2D eigenvalue weighted by molar-refractivity contribution is -0.139. The summed E-state index contributed by atoms with van der Waals surface area (Å²) < 4.78 is 11.1. The first kappa shape index (κ1) is 13.7. The standard InChI is InChI=1S/C12H22O3S/c1-4-9-6-5-7-10(8-9)16(15)12(2,3)11(13)14/h9-10H,4-8H2,1-3H3,(H,13,14). The van der Waals surface area contributed by atoms with Crippen LogP contribution in [0.25, 0.3) is 0 Å². The van der Waals surface area contributed by atoms with Gasteiger partial charge in [-0.05, 0) is 32.6 Å². The van der Waals surface area contributed by atoms with E-state index in [0.29, 0.717) is 5.92 Å². The first-order valence-electron chi connectivity index (χ1n) is 6.03. The van der Waals surface area contributed by atoms with Crippen LogP contribution >= 0.6 is 0 Å². The topological polar surface area (TPSA) is 54.4 Å². The first-order valence-corrected chi connectivity index (χ1v) is 7.25. The van der Waals surface area contributed by atoms with Gasteiger partial charge in [0, 0.05) is 16.0 Å². The zero-order valence-electron chi connectivity index (χ0n) is 10.4. The summed E-state index contributed by atoms with van der Waals surface area (Å²) in [6.45, 7) is 5.29. The van der Waals surface area contributed by atoms with Gasteiger partial charge in [-0.3, -0.25) is 9.00 Å². The van der Waals surface area contributed by atoms with Crippen LogP contribution in [-0.2, 0) is 15.6 Å². The van der Waals surface area contributed by atoms with Crippen molar-refractivity contribution in [2.75, 3.05) is 0 Å². The van der Waals surface area contributed by atoms with Crippen molar-refractivity contribution in [1.29, 1.82) is 0 Å². The Bertz CT molecular complexity index is 286. The molecule has 1 rings (SSSR count). The predicted octanol–water partition coefficient (Wildman–Crippen LogP) is 2.57. The molecule has 1 aliphatic carbocycles. The lowest BCUT2D eigenvalue weighted by Gasteiger charge is -2.32. The van der Waals surface area contributed by atoms with Crippen molar-refractivity contribution in [3.63, 3.8) is 0 Å². The highest BCUT2D eigenvalue weighted by atomic mass is 32.2. The van der Waals surface area contributed by atoms with Gasteiger partial charge < -0.3 is 5.11 Å². The molecule has 0 aliphatic heterocycles. The van der Waals surface area contributed by atoms with Crippen LogP contribution in [0.2, 0.25) is 0 Å². The highest BCUT2D eigenvalue weighted by Gasteiger charge is 2.40. The second-order valence-electron chi connectivity index (χ2n) is 5.18. The molecule has 16 heavy (non-hydrogen) atoms. The molecular weight excluding hydrogens is 224 g/mol. The summed E-state index contributed by atoms with van der Waals surface area (Å²) in [4.78, 5) is 11.1. The lowest BCUT2D eigenvalue weighted by atomic mass is 9.87. The summed E-state index contributed by atoms with van der Waals surface area (Å²) in [7, 11) is -1.27. The number of carbonyl (C=O) groups is 1. The van der Waals surface area contributed by atoms with Crippen molar-refractivity contribution < 1.29 is 14.1 Å². The van der Waals surface area contributed by atoms with Crippen LogP contribution in [0.15, 0.2) is 0 Å². The molecule has 4 heteroatoms. The number of hydrogen-bond acceptors (Lipinski definition) is 2. The molecule has 0 amide bonds. The minimum absolute atomic E-state index is 0.0739. The van der Waals surface area contributed by atoms with Crippen molar-refractivity contribution >= 4 is 16.8 Å². The fourth-order valence-electron chi connectivity index (χ4n) is 2.31. The van der Waals surface area contributed by atoms with Crippen molar-refractivity contribution in [2.24, 2.45) is 5.92 Å². The summed E-state index contributed by atoms with van der Waals surface area (Å²) in [6.07, 6.45) is 5.25. The largest absolute Gasteiger partial charge is 0.480 e. The third-order valence-corrected chi connectivity index (χ3v) is 5.85.